The van der Waals surface area contributed by atoms with Gasteiger partial charge in [-0.3, -0.25) is 0 Å². The van der Waals surface area contributed by atoms with Crippen LogP contribution >= 0.6 is 0 Å². The molecule has 0 unspecified atom stereocenters. The molecule has 0 aliphatic rings. The van der Waals surface area contributed by atoms with Gasteiger partial charge in [0.15, 0.2) is 0 Å². The van der Waals surface area contributed by atoms with Gasteiger partial charge in [0, 0.05) is 6.04 Å². The molecule has 1 N–H and O–H groups in total. The molecule has 0 aromatic carbocycles. The first kappa shape index (κ1) is 13.1. The highest BCUT2D eigenvalue weighted by Gasteiger charge is 2.21. The van der Waals surface area contributed by atoms with Gasteiger partial charge in [0.2, 0.25) is 0 Å². The summed E-state index contributed by atoms with van der Waals surface area (Å²) < 4.78 is 14.6. The Balaban J connectivity index is 3.93. The summed E-state index contributed by atoms with van der Waals surface area (Å²) in [7, 11) is -0.934. The summed E-state index contributed by atoms with van der Waals surface area (Å²) in [5.74, 6) is 0.652. The molecule has 0 amide bonds. The highest BCUT2D eigenvalue weighted by molar-refractivity contribution is 7.84. The number of rotatable bonds is 4. The minimum atomic E-state index is -0.934. The highest BCUT2D eigenvalue weighted by atomic mass is 32.2. The maximum absolute atomic E-state index is 11.7. The van der Waals surface area contributed by atoms with Crippen LogP contribution in [-0.4, -0.2) is 15.0 Å². The fourth-order valence-electron chi connectivity index (χ4n) is 1.11. The Morgan fingerprint density at radius 3 is 2.00 bits per heavy atom. The Hall–Kier alpha value is 0.110. The van der Waals surface area contributed by atoms with Crippen LogP contribution in [0, 0.1) is 5.92 Å². The second kappa shape index (κ2) is 5.11. The first-order valence-corrected chi connectivity index (χ1v) is 6.06. The Kier molecular flexibility index (Phi) is 5.15. The molecule has 0 bridgehead atoms. The van der Waals surface area contributed by atoms with Crippen LogP contribution in [0.1, 0.15) is 48.0 Å². The van der Waals surface area contributed by atoms with Gasteiger partial charge in [-0.25, -0.2) is 8.93 Å². The first-order chi connectivity index (χ1) is 5.73. The number of hydrogen-bond donors (Lipinski definition) is 1. The predicted molar refractivity (Wildman–Crippen MR) is 59.9 cm³/mol. The summed E-state index contributed by atoms with van der Waals surface area (Å²) >= 11 is 0. The molecule has 0 aromatic heterocycles. The highest BCUT2D eigenvalue weighted by Crippen LogP contribution is 2.11. The van der Waals surface area contributed by atoms with E-state index in [2.05, 4.69) is 25.5 Å². The molecule has 0 heterocycles. The van der Waals surface area contributed by atoms with Gasteiger partial charge in [0.05, 0.1) is 15.7 Å². The molecule has 0 rings (SSSR count). The first-order valence-electron chi connectivity index (χ1n) is 4.91. The molecule has 0 radical (unpaired) electrons. The van der Waals surface area contributed by atoms with Crippen molar-refractivity contribution in [1.29, 1.82) is 0 Å². The molecule has 0 aromatic rings. The van der Waals surface area contributed by atoms with E-state index in [1.165, 1.54) is 0 Å². The Morgan fingerprint density at radius 2 is 1.69 bits per heavy atom. The molecule has 0 aliphatic heterocycles. The average molecular weight is 205 g/mol. The van der Waals surface area contributed by atoms with E-state index in [1.807, 2.05) is 20.8 Å². The van der Waals surface area contributed by atoms with Gasteiger partial charge in [-0.1, -0.05) is 13.8 Å². The minimum Gasteiger partial charge on any atom is -0.242 e. The Labute approximate surface area is 85.1 Å². The predicted octanol–water partition coefficient (Wildman–Crippen LogP) is 2.47. The summed E-state index contributed by atoms with van der Waals surface area (Å²) in [4.78, 5) is 0. The van der Waals surface area contributed by atoms with Gasteiger partial charge in [-0.2, -0.15) is 0 Å². The number of hydrogen-bond acceptors (Lipinski definition) is 1. The van der Waals surface area contributed by atoms with Crippen LogP contribution in [0.5, 0.6) is 0 Å². The van der Waals surface area contributed by atoms with Gasteiger partial charge in [-0.05, 0) is 40.0 Å². The van der Waals surface area contributed by atoms with Crippen molar-refractivity contribution in [3.63, 3.8) is 0 Å². The Morgan fingerprint density at radius 1 is 1.23 bits per heavy atom. The van der Waals surface area contributed by atoms with Crippen LogP contribution in [0.2, 0.25) is 0 Å². The van der Waals surface area contributed by atoms with Gasteiger partial charge in [-0.15, -0.1) is 0 Å². The second-order valence-electron chi connectivity index (χ2n) is 5.03. The van der Waals surface area contributed by atoms with Crippen molar-refractivity contribution in [3.05, 3.63) is 0 Å². The van der Waals surface area contributed by atoms with Gasteiger partial charge in [0.1, 0.15) is 0 Å². The zero-order valence-electron chi connectivity index (χ0n) is 9.68. The molecule has 80 valence electrons. The summed E-state index contributed by atoms with van der Waals surface area (Å²) in [6.07, 6.45) is 1.07. The lowest BCUT2D eigenvalue weighted by atomic mass is 10.1. The summed E-state index contributed by atoms with van der Waals surface area (Å²) in [6, 6.07) is 0.333. The molecular formula is C10H23NOS. The SMILES string of the molecule is CC(C)C[C@H](C)N[S@@](=O)C(C)(C)C. The lowest BCUT2D eigenvalue weighted by Gasteiger charge is -2.22. The molecule has 0 saturated carbocycles. The molecule has 0 saturated heterocycles. The van der Waals surface area contributed by atoms with Crippen molar-refractivity contribution >= 4 is 11.0 Å². The normalized spacial score (nSPS) is 17.5. The van der Waals surface area contributed by atoms with Crippen LogP contribution in [0.15, 0.2) is 0 Å². The zero-order valence-corrected chi connectivity index (χ0v) is 10.5. The van der Waals surface area contributed by atoms with E-state index in [9.17, 15) is 4.21 Å². The van der Waals surface area contributed by atoms with E-state index in [1.54, 1.807) is 0 Å². The van der Waals surface area contributed by atoms with Crippen LogP contribution in [0.25, 0.3) is 0 Å². The van der Waals surface area contributed by atoms with E-state index >= 15 is 0 Å². The molecular weight excluding hydrogens is 182 g/mol. The van der Waals surface area contributed by atoms with Gasteiger partial charge < -0.3 is 0 Å². The van der Waals surface area contributed by atoms with E-state index in [4.69, 9.17) is 0 Å². The van der Waals surface area contributed by atoms with Crippen molar-refractivity contribution in [1.82, 2.24) is 4.72 Å². The number of nitrogens with one attached hydrogen (secondary N) is 1. The maximum atomic E-state index is 11.7. The van der Waals surface area contributed by atoms with Crippen molar-refractivity contribution in [2.24, 2.45) is 5.92 Å². The summed E-state index contributed by atoms with van der Waals surface area (Å²) in [6.45, 7) is 12.4. The molecule has 13 heavy (non-hydrogen) atoms. The topological polar surface area (TPSA) is 29.1 Å². The summed E-state index contributed by atoms with van der Waals surface area (Å²) in [5.41, 5.74) is 0. The second-order valence-corrected chi connectivity index (χ2v) is 7.03. The molecule has 3 heteroatoms. The standard InChI is InChI=1S/C10H23NOS/c1-8(2)7-9(3)11-13(12)10(4,5)6/h8-9,11H,7H2,1-6H3/t9-,13-/m0/s1. The van der Waals surface area contributed by atoms with Crippen LogP contribution in [-0.2, 0) is 11.0 Å². The third-order valence-electron chi connectivity index (χ3n) is 1.69. The van der Waals surface area contributed by atoms with E-state index < -0.39 is 11.0 Å². The largest absolute Gasteiger partial charge is 0.242 e. The monoisotopic (exact) mass is 205 g/mol. The molecule has 0 spiro atoms. The van der Waals surface area contributed by atoms with Crippen LogP contribution in [0.3, 0.4) is 0 Å². The van der Waals surface area contributed by atoms with Crippen molar-refractivity contribution in [3.8, 4) is 0 Å². The van der Waals surface area contributed by atoms with Crippen molar-refractivity contribution in [2.75, 3.05) is 0 Å². The van der Waals surface area contributed by atoms with Crippen LogP contribution < -0.4 is 4.72 Å². The third-order valence-corrected chi connectivity index (χ3v) is 3.42. The Bertz CT molecular complexity index is 172. The lowest BCUT2D eigenvalue weighted by Crippen LogP contribution is -2.38. The molecule has 2 nitrogen and oxygen atoms in total. The molecule has 2 atom stereocenters. The maximum Gasteiger partial charge on any atom is 0.0972 e. The van der Waals surface area contributed by atoms with E-state index in [0.717, 1.165) is 6.42 Å². The molecule has 0 fully saturated rings. The zero-order chi connectivity index (χ0) is 10.6. The van der Waals surface area contributed by atoms with Gasteiger partial charge >= 0.3 is 0 Å². The fraction of sp³-hybridized carbons (Fsp3) is 1.00. The van der Waals surface area contributed by atoms with Crippen molar-refractivity contribution in [2.45, 2.75) is 58.8 Å². The summed E-state index contributed by atoms with van der Waals surface area (Å²) in [5, 5.41) is 0. The average Bonchev–Trinajstić information content (AvgIpc) is 1.82. The smallest absolute Gasteiger partial charge is 0.0972 e. The molecule has 0 aliphatic carbocycles. The van der Waals surface area contributed by atoms with Crippen molar-refractivity contribution < 1.29 is 4.21 Å². The van der Waals surface area contributed by atoms with E-state index in [-0.39, 0.29) is 4.75 Å². The van der Waals surface area contributed by atoms with Crippen LogP contribution in [0.4, 0.5) is 0 Å². The lowest BCUT2D eigenvalue weighted by molar-refractivity contribution is 0.491. The van der Waals surface area contributed by atoms with Gasteiger partial charge in [0.25, 0.3) is 0 Å². The fourth-order valence-corrected chi connectivity index (χ4v) is 1.93. The minimum absolute atomic E-state index is 0.161. The van der Waals surface area contributed by atoms with E-state index in [0.29, 0.717) is 12.0 Å². The quantitative estimate of drug-likeness (QED) is 0.750. The third kappa shape index (κ3) is 6.22.